The minimum absolute atomic E-state index is 0.00514. The van der Waals surface area contributed by atoms with E-state index in [-0.39, 0.29) is 48.3 Å². The van der Waals surface area contributed by atoms with Crippen molar-refractivity contribution < 1.29 is 27.5 Å². The molecule has 0 bridgehead atoms. The fraction of sp³-hybridized carbons (Fsp3) is 0.500. The molecule has 13 heteroatoms. The number of aryl methyl sites for hydroxylation is 2. The van der Waals surface area contributed by atoms with Crippen LogP contribution in [0.4, 0.5) is 36.2 Å². The molecule has 3 N–H and O–H groups in total. The number of hydrogen-bond acceptors (Lipinski definition) is 8. The van der Waals surface area contributed by atoms with Gasteiger partial charge in [0.25, 0.3) is 0 Å². The van der Waals surface area contributed by atoms with Gasteiger partial charge in [0.1, 0.15) is 5.75 Å². The lowest BCUT2D eigenvalue weighted by atomic mass is 9.82. The molecule has 0 spiro atoms. The molecule has 4 heterocycles. The Morgan fingerprint density at radius 3 is 2.49 bits per heavy atom. The van der Waals surface area contributed by atoms with Crippen LogP contribution in [0.25, 0.3) is 0 Å². The zero-order valence-corrected chi connectivity index (χ0v) is 28.4. The number of amides is 2. The van der Waals surface area contributed by atoms with Crippen LogP contribution in [0.15, 0.2) is 42.6 Å². The first-order valence-electron chi connectivity index (χ1n) is 16.9. The van der Waals surface area contributed by atoms with E-state index in [4.69, 9.17) is 4.74 Å². The number of hydrogen-bond donors (Lipinski definition) is 3. The summed E-state index contributed by atoms with van der Waals surface area (Å²) >= 11 is 0. The maximum Gasteiger partial charge on any atom is 0.419 e. The molecule has 0 saturated carbocycles. The van der Waals surface area contributed by atoms with Crippen LogP contribution in [0.3, 0.4) is 0 Å². The van der Waals surface area contributed by atoms with Crippen LogP contribution in [-0.4, -0.2) is 73.1 Å². The lowest BCUT2D eigenvalue weighted by Crippen LogP contribution is -2.47. The van der Waals surface area contributed by atoms with Crippen molar-refractivity contribution in [1.82, 2.24) is 20.2 Å². The van der Waals surface area contributed by atoms with Gasteiger partial charge in [-0.2, -0.15) is 13.2 Å². The van der Waals surface area contributed by atoms with Crippen LogP contribution in [0, 0.1) is 5.92 Å². The Morgan fingerprint density at radius 2 is 1.80 bits per heavy atom. The van der Waals surface area contributed by atoms with Crippen LogP contribution in [-0.2, 0) is 34.0 Å². The highest BCUT2D eigenvalue weighted by Gasteiger charge is 2.40. The number of benzene rings is 2. The molecule has 0 unspecified atom stereocenters. The van der Waals surface area contributed by atoms with Gasteiger partial charge in [0.15, 0.2) is 0 Å². The number of anilines is 4. The third-order valence-corrected chi connectivity index (χ3v) is 10.1. The number of rotatable bonds is 9. The monoisotopic (exact) mass is 679 g/mol. The molecule has 6 rings (SSSR count). The minimum Gasteiger partial charge on any atom is -0.494 e. The van der Waals surface area contributed by atoms with E-state index in [1.54, 1.807) is 18.2 Å². The molecule has 2 fully saturated rings. The van der Waals surface area contributed by atoms with Crippen molar-refractivity contribution in [1.29, 1.82) is 0 Å². The number of aromatic nitrogens is 2. The molecule has 49 heavy (non-hydrogen) atoms. The van der Waals surface area contributed by atoms with Crippen molar-refractivity contribution in [2.45, 2.75) is 70.0 Å². The highest BCUT2D eigenvalue weighted by atomic mass is 19.4. The standard InChI is InChI=1S/C36H44F3N7O3/c1-35(2)31-22(6-5-7-29(31)42-33(35)48)8-10-27-26(36(37,38)39)21-40-34(43-27)44-28-11-9-25(20-30(28)49-4)46-18-12-23(13-19-46)32(47)41-24-14-16-45(3)17-15-24/h5-7,9,11,20-21,23-24H,8,10,12-19H2,1-4H3,(H,41,47)(H,42,48)(H,40,43,44). The first-order chi connectivity index (χ1) is 23.3. The van der Waals surface area contributed by atoms with E-state index in [0.29, 0.717) is 17.1 Å². The summed E-state index contributed by atoms with van der Waals surface area (Å²) in [6, 6.07) is 11.3. The zero-order valence-electron chi connectivity index (χ0n) is 28.4. The molecule has 0 atom stereocenters. The maximum atomic E-state index is 14.0. The van der Waals surface area contributed by atoms with Gasteiger partial charge < -0.3 is 30.5 Å². The van der Waals surface area contributed by atoms with Gasteiger partial charge in [-0.25, -0.2) is 9.97 Å². The van der Waals surface area contributed by atoms with Gasteiger partial charge in [-0.1, -0.05) is 12.1 Å². The summed E-state index contributed by atoms with van der Waals surface area (Å²) in [5.74, 6) is 0.489. The average molecular weight is 680 g/mol. The normalized spacial score (nSPS) is 18.6. The van der Waals surface area contributed by atoms with E-state index in [1.165, 1.54) is 7.11 Å². The summed E-state index contributed by atoms with van der Waals surface area (Å²) in [6.45, 7) is 7.06. The van der Waals surface area contributed by atoms with Crippen molar-refractivity contribution in [3.05, 3.63) is 65.0 Å². The van der Waals surface area contributed by atoms with E-state index < -0.39 is 17.2 Å². The average Bonchev–Trinajstić information content (AvgIpc) is 3.32. The van der Waals surface area contributed by atoms with E-state index in [9.17, 15) is 22.8 Å². The van der Waals surface area contributed by atoms with E-state index in [0.717, 1.165) is 74.9 Å². The minimum atomic E-state index is -4.64. The number of fused-ring (bicyclic) bond motifs is 1. The lowest BCUT2D eigenvalue weighted by molar-refractivity contribution is -0.138. The Morgan fingerprint density at radius 1 is 1.06 bits per heavy atom. The van der Waals surface area contributed by atoms with Crippen molar-refractivity contribution in [3.63, 3.8) is 0 Å². The molecule has 1 aromatic heterocycles. The van der Waals surface area contributed by atoms with Crippen LogP contribution in [0.5, 0.6) is 5.75 Å². The second kappa shape index (κ2) is 13.9. The Bertz CT molecular complexity index is 1700. The maximum absolute atomic E-state index is 14.0. The number of carbonyl (C=O) groups excluding carboxylic acids is 2. The molecule has 0 radical (unpaired) electrons. The molecule has 3 aliphatic heterocycles. The van der Waals surface area contributed by atoms with Gasteiger partial charge in [0.2, 0.25) is 17.8 Å². The Balaban J connectivity index is 1.13. The number of methoxy groups -OCH3 is 1. The van der Waals surface area contributed by atoms with Crippen molar-refractivity contribution in [2.75, 3.05) is 55.9 Å². The Hall–Kier alpha value is -4.39. The van der Waals surface area contributed by atoms with Gasteiger partial charge in [-0.3, -0.25) is 9.59 Å². The molecule has 2 aromatic carbocycles. The summed E-state index contributed by atoms with van der Waals surface area (Å²) in [6.07, 6.45) is -0.112. The first-order valence-corrected chi connectivity index (χ1v) is 16.9. The zero-order chi connectivity index (χ0) is 34.9. The number of nitrogens with zero attached hydrogens (tertiary/aromatic N) is 4. The second-order valence-corrected chi connectivity index (χ2v) is 13.8. The van der Waals surface area contributed by atoms with Crippen LogP contribution < -0.4 is 25.6 Å². The molecule has 2 saturated heterocycles. The number of halogens is 3. The van der Waals surface area contributed by atoms with Crippen molar-refractivity contribution in [2.24, 2.45) is 5.92 Å². The van der Waals surface area contributed by atoms with Gasteiger partial charge in [0, 0.05) is 48.7 Å². The molecular weight excluding hydrogens is 635 g/mol. The molecular formula is C36H44F3N7O3. The summed E-state index contributed by atoms with van der Waals surface area (Å²) in [5.41, 5.74) is 1.87. The Labute approximate surface area is 284 Å². The molecule has 3 aromatic rings. The SMILES string of the molecule is COc1cc(N2CCC(C(=O)NC3CCN(C)CC3)CC2)ccc1Nc1ncc(C(F)(F)F)c(CCc2cccc3c2C(C)(C)C(=O)N3)n1. The van der Waals surface area contributed by atoms with E-state index >= 15 is 0 Å². The third-order valence-electron chi connectivity index (χ3n) is 10.1. The summed E-state index contributed by atoms with van der Waals surface area (Å²) in [4.78, 5) is 38.3. The number of carbonyl (C=O) groups is 2. The summed E-state index contributed by atoms with van der Waals surface area (Å²) < 4.78 is 47.8. The highest BCUT2D eigenvalue weighted by molar-refractivity contribution is 6.06. The van der Waals surface area contributed by atoms with Crippen LogP contribution in [0.2, 0.25) is 0 Å². The van der Waals surface area contributed by atoms with Gasteiger partial charge >= 0.3 is 6.18 Å². The van der Waals surface area contributed by atoms with E-state index in [1.807, 2.05) is 32.0 Å². The van der Waals surface area contributed by atoms with Gasteiger partial charge in [-0.15, -0.1) is 0 Å². The van der Waals surface area contributed by atoms with Crippen molar-refractivity contribution >= 4 is 34.8 Å². The predicted molar refractivity (Wildman–Crippen MR) is 182 cm³/mol. The molecule has 262 valence electrons. The first kappa shape index (κ1) is 34.5. The quantitative estimate of drug-likeness (QED) is 0.265. The predicted octanol–water partition coefficient (Wildman–Crippen LogP) is 5.69. The number of likely N-dealkylation sites (tertiary alicyclic amines) is 1. The molecule has 3 aliphatic rings. The van der Waals surface area contributed by atoms with Crippen molar-refractivity contribution in [3.8, 4) is 5.75 Å². The fourth-order valence-electron chi connectivity index (χ4n) is 7.17. The molecule has 0 aliphatic carbocycles. The van der Waals surface area contributed by atoms with Crippen LogP contribution in [0.1, 0.15) is 61.9 Å². The van der Waals surface area contributed by atoms with Crippen LogP contribution >= 0.6 is 0 Å². The summed E-state index contributed by atoms with van der Waals surface area (Å²) in [7, 11) is 3.63. The van der Waals surface area contributed by atoms with Gasteiger partial charge in [0.05, 0.1) is 29.5 Å². The summed E-state index contributed by atoms with van der Waals surface area (Å²) in [5, 5.41) is 9.18. The Kier molecular flexibility index (Phi) is 9.74. The molecule has 10 nitrogen and oxygen atoms in total. The van der Waals surface area contributed by atoms with E-state index in [2.05, 4.69) is 42.8 Å². The number of ether oxygens (including phenoxy) is 1. The lowest BCUT2D eigenvalue weighted by Gasteiger charge is -2.35. The largest absolute Gasteiger partial charge is 0.494 e. The fourth-order valence-corrected chi connectivity index (χ4v) is 7.17. The number of nitrogens with one attached hydrogen (secondary N) is 3. The number of alkyl halides is 3. The topological polar surface area (TPSA) is 112 Å². The smallest absolute Gasteiger partial charge is 0.419 e. The van der Waals surface area contributed by atoms with Gasteiger partial charge in [-0.05, 0) is 102 Å². The second-order valence-electron chi connectivity index (χ2n) is 13.8. The molecule has 2 amide bonds. The number of piperidine rings is 2. The highest BCUT2D eigenvalue weighted by Crippen LogP contribution is 2.41. The third kappa shape index (κ3) is 7.46.